The highest BCUT2D eigenvalue weighted by molar-refractivity contribution is 5.36. The zero-order valence-electron chi connectivity index (χ0n) is 9.12. The van der Waals surface area contributed by atoms with Crippen molar-refractivity contribution in [2.75, 3.05) is 0 Å². The van der Waals surface area contributed by atoms with Crippen molar-refractivity contribution >= 4 is 0 Å². The third-order valence-corrected chi connectivity index (χ3v) is 2.68. The Morgan fingerprint density at radius 2 is 2.07 bits per heavy atom. The highest BCUT2D eigenvalue weighted by Crippen LogP contribution is 2.22. The van der Waals surface area contributed by atoms with Gasteiger partial charge in [-0.2, -0.15) is 0 Å². The standard InChI is InChI=1S/C12H19NO/c1-4-10-8(2)6-5-7-11(10)12(13)9(3)14/h5-7,9,12,14H,4,13H2,1-3H3/t9-,12-/m1/s1. The monoisotopic (exact) mass is 193 g/mol. The van der Waals surface area contributed by atoms with Crippen LogP contribution in [0.2, 0.25) is 0 Å². The number of nitrogens with two attached hydrogens (primary N) is 1. The first-order valence-corrected chi connectivity index (χ1v) is 5.10. The molecular formula is C12H19NO. The Morgan fingerprint density at radius 3 is 2.57 bits per heavy atom. The zero-order valence-corrected chi connectivity index (χ0v) is 9.12. The van der Waals surface area contributed by atoms with Gasteiger partial charge in [-0.05, 0) is 37.0 Å². The number of rotatable bonds is 3. The van der Waals surface area contributed by atoms with E-state index in [9.17, 15) is 5.11 Å². The number of aliphatic hydroxyl groups is 1. The van der Waals surface area contributed by atoms with Gasteiger partial charge in [0.1, 0.15) is 0 Å². The first-order chi connectivity index (χ1) is 6.57. The highest BCUT2D eigenvalue weighted by Gasteiger charge is 2.15. The van der Waals surface area contributed by atoms with E-state index in [0.717, 1.165) is 12.0 Å². The van der Waals surface area contributed by atoms with E-state index < -0.39 is 6.10 Å². The predicted molar refractivity (Wildman–Crippen MR) is 59.2 cm³/mol. The fraction of sp³-hybridized carbons (Fsp3) is 0.500. The summed E-state index contributed by atoms with van der Waals surface area (Å²) < 4.78 is 0. The van der Waals surface area contributed by atoms with Crippen molar-refractivity contribution in [3.63, 3.8) is 0 Å². The second-order valence-corrected chi connectivity index (χ2v) is 3.76. The van der Waals surface area contributed by atoms with Gasteiger partial charge in [-0.1, -0.05) is 25.1 Å². The molecule has 2 atom stereocenters. The summed E-state index contributed by atoms with van der Waals surface area (Å²) in [5.74, 6) is 0. The first kappa shape index (κ1) is 11.2. The SMILES string of the molecule is CCc1c(C)cccc1[C@H](N)[C@@H](C)O. The molecule has 0 saturated carbocycles. The normalized spacial score (nSPS) is 15.2. The molecule has 0 aliphatic heterocycles. The molecule has 1 aromatic carbocycles. The molecule has 0 aliphatic rings. The van der Waals surface area contributed by atoms with E-state index in [1.807, 2.05) is 12.1 Å². The largest absolute Gasteiger partial charge is 0.391 e. The predicted octanol–water partition coefficient (Wildman–Crippen LogP) is 1.94. The van der Waals surface area contributed by atoms with Crippen molar-refractivity contribution in [1.82, 2.24) is 0 Å². The topological polar surface area (TPSA) is 46.2 Å². The first-order valence-electron chi connectivity index (χ1n) is 5.10. The second kappa shape index (κ2) is 4.58. The zero-order chi connectivity index (χ0) is 10.7. The van der Waals surface area contributed by atoms with Gasteiger partial charge < -0.3 is 10.8 Å². The molecule has 0 amide bonds. The molecule has 2 heteroatoms. The van der Waals surface area contributed by atoms with Crippen LogP contribution in [-0.2, 0) is 6.42 Å². The summed E-state index contributed by atoms with van der Waals surface area (Å²) in [7, 11) is 0. The lowest BCUT2D eigenvalue weighted by atomic mass is 9.93. The highest BCUT2D eigenvalue weighted by atomic mass is 16.3. The molecule has 0 heterocycles. The second-order valence-electron chi connectivity index (χ2n) is 3.76. The third kappa shape index (κ3) is 2.14. The summed E-state index contributed by atoms with van der Waals surface area (Å²) in [5.41, 5.74) is 9.52. The average Bonchev–Trinajstić information content (AvgIpc) is 2.16. The van der Waals surface area contributed by atoms with Crippen LogP contribution in [0.5, 0.6) is 0 Å². The van der Waals surface area contributed by atoms with E-state index in [0.29, 0.717) is 0 Å². The Morgan fingerprint density at radius 1 is 1.43 bits per heavy atom. The summed E-state index contributed by atoms with van der Waals surface area (Å²) in [4.78, 5) is 0. The van der Waals surface area contributed by atoms with Crippen molar-refractivity contribution in [3.05, 3.63) is 34.9 Å². The Labute approximate surface area is 85.8 Å². The van der Waals surface area contributed by atoms with Gasteiger partial charge in [0.15, 0.2) is 0 Å². The van der Waals surface area contributed by atoms with Gasteiger partial charge in [-0.15, -0.1) is 0 Å². The van der Waals surface area contributed by atoms with Crippen LogP contribution < -0.4 is 5.73 Å². The number of aliphatic hydroxyl groups excluding tert-OH is 1. The van der Waals surface area contributed by atoms with E-state index in [1.165, 1.54) is 11.1 Å². The van der Waals surface area contributed by atoms with Crippen LogP contribution in [0.15, 0.2) is 18.2 Å². The quantitative estimate of drug-likeness (QED) is 0.770. The van der Waals surface area contributed by atoms with E-state index in [1.54, 1.807) is 6.92 Å². The van der Waals surface area contributed by atoms with E-state index in [4.69, 9.17) is 5.73 Å². The van der Waals surface area contributed by atoms with Crippen LogP contribution in [0.25, 0.3) is 0 Å². The Bertz CT molecular complexity index is 307. The van der Waals surface area contributed by atoms with Crippen molar-refractivity contribution in [2.45, 2.75) is 39.3 Å². The molecule has 3 N–H and O–H groups in total. The molecule has 0 unspecified atom stereocenters. The maximum absolute atomic E-state index is 9.46. The molecule has 0 radical (unpaired) electrons. The number of benzene rings is 1. The van der Waals surface area contributed by atoms with Gasteiger partial charge >= 0.3 is 0 Å². The minimum absolute atomic E-state index is 0.273. The maximum Gasteiger partial charge on any atom is 0.0704 e. The summed E-state index contributed by atoms with van der Waals surface area (Å²) in [6.07, 6.45) is 0.463. The maximum atomic E-state index is 9.46. The molecule has 1 rings (SSSR count). The Kier molecular flexibility index (Phi) is 3.67. The Hall–Kier alpha value is -0.860. The van der Waals surface area contributed by atoms with Crippen molar-refractivity contribution < 1.29 is 5.11 Å². The van der Waals surface area contributed by atoms with Crippen LogP contribution in [0.1, 0.15) is 36.6 Å². The minimum atomic E-state index is -0.498. The fourth-order valence-electron chi connectivity index (χ4n) is 1.78. The van der Waals surface area contributed by atoms with Crippen LogP contribution in [0, 0.1) is 6.92 Å². The molecule has 1 aromatic rings. The molecule has 0 spiro atoms. The number of hydrogen-bond donors (Lipinski definition) is 2. The lowest BCUT2D eigenvalue weighted by Crippen LogP contribution is -2.24. The van der Waals surface area contributed by atoms with Crippen molar-refractivity contribution in [1.29, 1.82) is 0 Å². The minimum Gasteiger partial charge on any atom is -0.391 e. The van der Waals surface area contributed by atoms with Gasteiger partial charge in [0.25, 0.3) is 0 Å². The van der Waals surface area contributed by atoms with Crippen molar-refractivity contribution in [2.24, 2.45) is 5.73 Å². The molecule has 0 bridgehead atoms. The summed E-state index contributed by atoms with van der Waals surface area (Å²) in [5, 5.41) is 9.46. The lowest BCUT2D eigenvalue weighted by molar-refractivity contribution is 0.164. The van der Waals surface area contributed by atoms with Gasteiger partial charge in [0.05, 0.1) is 12.1 Å². The van der Waals surface area contributed by atoms with Gasteiger partial charge in [-0.3, -0.25) is 0 Å². The molecular weight excluding hydrogens is 174 g/mol. The summed E-state index contributed by atoms with van der Waals surface area (Å²) in [6, 6.07) is 5.80. The summed E-state index contributed by atoms with van der Waals surface area (Å²) in [6.45, 7) is 5.92. The lowest BCUT2D eigenvalue weighted by Gasteiger charge is -2.19. The fourth-order valence-corrected chi connectivity index (χ4v) is 1.78. The van der Waals surface area contributed by atoms with E-state index in [2.05, 4.69) is 19.9 Å². The molecule has 0 saturated heterocycles. The van der Waals surface area contributed by atoms with E-state index >= 15 is 0 Å². The molecule has 0 fully saturated rings. The Balaban J connectivity index is 3.13. The molecule has 78 valence electrons. The molecule has 14 heavy (non-hydrogen) atoms. The van der Waals surface area contributed by atoms with Gasteiger partial charge in [-0.25, -0.2) is 0 Å². The van der Waals surface area contributed by atoms with Crippen LogP contribution >= 0.6 is 0 Å². The summed E-state index contributed by atoms with van der Waals surface area (Å²) >= 11 is 0. The molecule has 0 aromatic heterocycles. The molecule has 2 nitrogen and oxygen atoms in total. The number of hydrogen-bond acceptors (Lipinski definition) is 2. The van der Waals surface area contributed by atoms with Crippen LogP contribution in [-0.4, -0.2) is 11.2 Å². The van der Waals surface area contributed by atoms with Gasteiger partial charge in [0.2, 0.25) is 0 Å². The van der Waals surface area contributed by atoms with E-state index in [-0.39, 0.29) is 6.04 Å². The van der Waals surface area contributed by atoms with Crippen LogP contribution in [0.3, 0.4) is 0 Å². The van der Waals surface area contributed by atoms with Crippen molar-refractivity contribution in [3.8, 4) is 0 Å². The van der Waals surface area contributed by atoms with Crippen LogP contribution in [0.4, 0.5) is 0 Å². The number of aryl methyl sites for hydroxylation is 1. The smallest absolute Gasteiger partial charge is 0.0704 e. The van der Waals surface area contributed by atoms with Gasteiger partial charge in [0, 0.05) is 0 Å². The third-order valence-electron chi connectivity index (χ3n) is 2.68. The average molecular weight is 193 g/mol. The molecule has 0 aliphatic carbocycles.